The molecular weight excluding hydrogens is 288 g/mol. The van der Waals surface area contributed by atoms with E-state index in [0.717, 1.165) is 11.1 Å². The largest absolute Gasteiger partial charge is 0.493 e. The highest BCUT2D eigenvalue weighted by molar-refractivity contribution is 5.74. The Bertz CT molecular complexity index is 538. The van der Waals surface area contributed by atoms with E-state index in [1.807, 2.05) is 6.92 Å². The quantitative estimate of drug-likeness (QED) is 0.718. The molecule has 22 heavy (non-hydrogen) atoms. The van der Waals surface area contributed by atoms with Crippen LogP contribution in [0.1, 0.15) is 30.4 Å². The summed E-state index contributed by atoms with van der Waals surface area (Å²) in [5.74, 6) is 0.259. The molecule has 6 nitrogen and oxygen atoms in total. The molecule has 6 heteroatoms. The van der Waals surface area contributed by atoms with Crippen molar-refractivity contribution in [3.8, 4) is 11.5 Å². The number of ether oxygens (including phenoxy) is 4. The fraction of sp³-hybridized carbons (Fsp3) is 0.500. The van der Waals surface area contributed by atoms with Crippen molar-refractivity contribution < 1.29 is 28.5 Å². The van der Waals surface area contributed by atoms with Crippen LogP contribution in [0.2, 0.25) is 0 Å². The van der Waals surface area contributed by atoms with Crippen LogP contribution in [-0.4, -0.2) is 40.4 Å². The van der Waals surface area contributed by atoms with E-state index < -0.39 is 0 Å². The lowest BCUT2D eigenvalue weighted by atomic mass is 9.91. The van der Waals surface area contributed by atoms with E-state index in [4.69, 9.17) is 18.9 Å². The first-order valence-corrected chi connectivity index (χ1v) is 6.85. The van der Waals surface area contributed by atoms with Gasteiger partial charge in [0.1, 0.15) is 0 Å². The monoisotopic (exact) mass is 310 g/mol. The molecule has 0 aliphatic heterocycles. The van der Waals surface area contributed by atoms with Crippen molar-refractivity contribution in [2.45, 2.75) is 25.7 Å². The van der Waals surface area contributed by atoms with Crippen molar-refractivity contribution in [1.82, 2.24) is 0 Å². The number of esters is 2. The van der Waals surface area contributed by atoms with Gasteiger partial charge < -0.3 is 18.9 Å². The van der Waals surface area contributed by atoms with Gasteiger partial charge in [-0.2, -0.15) is 0 Å². The first kappa shape index (κ1) is 17.8. The van der Waals surface area contributed by atoms with Gasteiger partial charge in [-0.15, -0.1) is 0 Å². The number of carbonyl (C=O) groups excluding carboxylic acids is 2. The molecule has 0 aromatic heterocycles. The van der Waals surface area contributed by atoms with Gasteiger partial charge in [0, 0.05) is 0 Å². The number of hydrogen-bond donors (Lipinski definition) is 0. The molecule has 0 aliphatic carbocycles. The summed E-state index contributed by atoms with van der Waals surface area (Å²) < 4.78 is 20.0. The van der Waals surface area contributed by atoms with Crippen LogP contribution in [0, 0.1) is 0 Å². The molecule has 0 saturated carbocycles. The number of hydrogen-bond acceptors (Lipinski definition) is 6. The van der Waals surface area contributed by atoms with Gasteiger partial charge in [-0.3, -0.25) is 9.59 Å². The molecule has 1 atom stereocenters. The molecular formula is C16H22O6. The van der Waals surface area contributed by atoms with Crippen LogP contribution in [0.3, 0.4) is 0 Å². The van der Waals surface area contributed by atoms with Crippen molar-refractivity contribution in [2.75, 3.05) is 28.4 Å². The molecule has 1 aromatic carbocycles. The summed E-state index contributed by atoms with van der Waals surface area (Å²) in [7, 11) is 5.74. The van der Waals surface area contributed by atoms with Crippen LogP contribution >= 0.6 is 0 Å². The van der Waals surface area contributed by atoms with Gasteiger partial charge in [-0.25, -0.2) is 0 Å². The third-order valence-corrected chi connectivity index (χ3v) is 3.44. The SMILES string of the molecule is COC(=O)Cc1cc(OC)c(OC)cc1C(C)CC(=O)OC. The lowest BCUT2D eigenvalue weighted by Gasteiger charge is -2.18. The Morgan fingerprint density at radius 3 is 2.00 bits per heavy atom. The normalized spacial score (nSPS) is 11.5. The predicted molar refractivity (Wildman–Crippen MR) is 80.3 cm³/mol. The Morgan fingerprint density at radius 2 is 1.50 bits per heavy atom. The first-order valence-electron chi connectivity index (χ1n) is 6.85. The van der Waals surface area contributed by atoms with Gasteiger partial charge in [-0.1, -0.05) is 6.92 Å². The van der Waals surface area contributed by atoms with Crippen LogP contribution in [0.25, 0.3) is 0 Å². The third kappa shape index (κ3) is 4.38. The minimum Gasteiger partial charge on any atom is -0.493 e. The molecule has 0 radical (unpaired) electrons. The Labute approximate surface area is 130 Å². The van der Waals surface area contributed by atoms with Crippen LogP contribution in [0.15, 0.2) is 12.1 Å². The number of carbonyl (C=O) groups is 2. The Morgan fingerprint density at radius 1 is 0.955 bits per heavy atom. The number of rotatable bonds is 7. The van der Waals surface area contributed by atoms with Crippen LogP contribution < -0.4 is 9.47 Å². The van der Waals surface area contributed by atoms with Crippen molar-refractivity contribution in [1.29, 1.82) is 0 Å². The topological polar surface area (TPSA) is 71.1 Å². The number of benzene rings is 1. The zero-order chi connectivity index (χ0) is 16.7. The third-order valence-electron chi connectivity index (χ3n) is 3.44. The summed E-state index contributed by atoms with van der Waals surface area (Å²) in [5.41, 5.74) is 1.56. The van der Waals surface area contributed by atoms with Crippen molar-refractivity contribution in [3.05, 3.63) is 23.3 Å². The molecule has 0 amide bonds. The molecule has 1 unspecified atom stereocenters. The lowest BCUT2D eigenvalue weighted by Crippen LogP contribution is -2.12. The highest BCUT2D eigenvalue weighted by Gasteiger charge is 2.20. The summed E-state index contributed by atoms with van der Waals surface area (Å²) in [6.45, 7) is 1.89. The van der Waals surface area contributed by atoms with E-state index >= 15 is 0 Å². The smallest absolute Gasteiger partial charge is 0.309 e. The molecule has 0 aliphatic rings. The minimum atomic E-state index is -0.362. The second kappa shape index (κ2) is 8.26. The summed E-state index contributed by atoms with van der Waals surface area (Å²) >= 11 is 0. The molecule has 0 fully saturated rings. The molecule has 0 spiro atoms. The van der Waals surface area contributed by atoms with E-state index in [2.05, 4.69) is 0 Å². The Hall–Kier alpha value is -2.24. The van der Waals surface area contributed by atoms with Gasteiger partial charge in [0.2, 0.25) is 0 Å². The van der Waals surface area contributed by atoms with E-state index in [1.54, 1.807) is 12.1 Å². The zero-order valence-corrected chi connectivity index (χ0v) is 13.6. The summed E-state index contributed by atoms with van der Waals surface area (Å²) in [5, 5.41) is 0. The zero-order valence-electron chi connectivity index (χ0n) is 13.6. The lowest BCUT2D eigenvalue weighted by molar-refractivity contribution is -0.141. The average Bonchev–Trinajstić information content (AvgIpc) is 2.53. The highest BCUT2D eigenvalue weighted by Crippen LogP contribution is 2.35. The standard InChI is InChI=1S/C16H22O6/c1-10(6-15(17)21-4)12-9-14(20-3)13(19-2)7-11(12)8-16(18)22-5/h7,9-10H,6,8H2,1-5H3. The maximum Gasteiger partial charge on any atom is 0.309 e. The second-order valence-electron chi connectivity index (χ2n) is 4.84. The Balaban J connectivity index is 3.24. The summed E-state index contributed by atoms with van der Waals surface area (Å²) in [6, 6.07) is 3.52. The van der Waals surface area contributed by atoms with Crippen LogP contribution in [0.4, 0.5) is 0 Å². The molecule has 122 valence electrons. The van der Waals surface area contributed by atoms with Crippen molar-refractivity contribution in [3.63, 3.8) is 0 Å². The second-order valence-corrected chi connectivity index (χ2v) is 4.84. The molecule has 1 aromatic rings. The van der Waals surface area contributed by atoms with Crippen molar-refractivity contribution in [2.24, 2.45) is 0 Å². The molecule has 0 bridgehead atoms. The van der Waals surface area contributed by atoms with E-state index in [1.165, 1.54) is 28.4 Å². The number of methoxy groups -OCH3 is 4. The molecule has 0 heterocycles. The molecule has 0 N–H and O–H groups in total. The maximum absolute atomic E-state index is 11.6. The van der Waals surface area contributed by atoms with E-state index in [-0.39, 0.29) is 30.7 Å². The molecule has 1 rings (SSSR count). The summed E-state index contributed by atoms with van der Waals surface area (Å²) in [6.07, 6.45) is 0.303. The van der Waals surface area contributed by atoms with E-state index in [0.29, 0.717) is 11.5 Å². The maximum atomic E-state index is 11.6. The van der Waals surface area contributed by atoms with Gasteiger partial charge in [0.05, 0.1) is 41.3 Å². The van der Waals surface area contributed by atoms with Crippen LogP contribution in [0.5, 0.6) is 11.5 Å². The fourth-order valence-corrected chi connectivity index (χ4v) is 2.22. The van der Waals surface area contributed by atoms with Gasteiger partial charge in [0.15, 0.2) is 11.5 Å². The van der Waals surface area contributed by atoms with Gasteiger partial charge >= 0.3 is 11.9 Å². The highest BCUT2D eigenvalue weighted by atomic mass is 16.5. The van der Waals surface area contributed by atoms with Crippen molar-refractivity contribution >= 4 is 11.9 Å². The van der Waals surface area contributed by atoms with E-state index in [9.17, 15) is 9.59 Å². The van der Waals surface area contributed by atoms with Gasteiger partial charge in [-0.05, 0) is 29.2 Å². The fourth-order valence-electron chi connectivity index (χ4n) is 2.22. The average molecular weight is 310 g/mol. The van der Waals surface area contributed by atoms with Gasteiger partial charge in [0.25, 0.3) is 0 Å². The first-order chi connectivity index (χ1) is 10.5. The van der Waals surface area contributed by atoms with Crippen LogP contribution in [-0.2, 0) is 25.5 Å². The minimum absolute atomic E-state index is 0.0949. The predicted octanol–water partition coefficient (Wildman–Crippen LogP) is 2.09. The Kier molecular flexibility index (Phi) is 6.69. The molecule has 0 saturated heterocycles. The summed E-state index contributed by atoms with van der Waals surface area (Å²) in [4.78, 5) is 23.1.